The Labute approximate surface area is 216 Å². The van der Waals surface area contributed by atoms with Crippen molar-refractivity contribution in [2.24, 2.45) is 5.73 Å². The standard InChI is InChI=1S/C27H34F2N2O5Si/c1-5-36-18-6-7-19-17(15-18)10-11-31(27(35)22(30)8-9-24(33)34)25(19)23(32)14-16-12-20(28)26(21(29)13-16)37(2,3)4/h6-7,12-13,15,22,25H,5,8-11,14,30H2,1-4H3,(H,33,34)/t22-,25-/m1/s1. The molecule has 7 nitrogen and oxygen atoms in total. The van der Waals surface area contributed by atoms with Crippen LogP contribution in [-0.4, -0.2) is 54.9 Å². The van der Waals surface area contributed by atoms with Gasteiger partial charge in [0, 0.05) is 24.6 Å². The lowest BCUT2D eigenvalue weighted by atomic mass is 9.87. The highest BCUT2D eigenvalue weighted by molar-refractivity contribution is 6.88. The number of ketones is 1. The molecule has 0 unspecified atom stereocenters. The van der Waals surface area contributed by atoms with Gasteiger partial charge in [-0.05, 0) is 60.7 Å². The minimum atomic E-state index is -2.29. The number of rotatable bonds is 10. The molecule has 3 rings (SSSR count). The van der Waals surface area contributed by atoms with Gasteiger partial charge in [0.25, 0.3) is 0 Å². The number of carboxylic acids is 1. The minimum absolute atomic E-state index is 0.0731. The summed E-state index contributed by atoms with van der Waals surface area (Å²) < 4.78 is 35.3. The van der Waals surface area contributed by atoms with Gasteiger partial charge in [0.1, 0.15) is 23.4 Å². The molecule has 0 spiro atoms. The zero-order valence-corrected chi connectivity index (χ0v) is 22.6. The summed E-state index contributed by atoms with van der Waals surface area (Å²) in [6.45, 7) is 8.03. The second-order valence-corrected chi connectivity index (χ2v) is 15.3. The van der Waals surface area contributed by atoms with Gasteiger partial charge in [-0.2, -0.15) is 0 Å². The van der Waals surface area contributed by atoms with Crippen LogP contribution in [-0.2, 0) is 27.2 Å². The van der Waals surface area contributed by atoms with Gasteiger partial charge in [-0.3, -0.25) is 14.4 Å². The van der Waals surface area contributed by atoms with Crippen LogP contribution in [0.25, 0.3) is 0 Å². The summed E-state index contributed by atoms with van der Waals surface area (Å²) in [5.41, 5.74) is 7.62. The summed E-state index contributed by atoms with van der Waals surface area (Å²) in [6, 6.07) is 5.53. The van der Waals surface area contributed by atoms with E-state index in [2.05, 4.69) is 0 Å². The van der Waals surface area contributed by atoms with Gasteiger partial charge in [-0.15, -0.1) is 0 Å². The molecular weight excluding hydrogens is 498 g/mol. The third-order valence-corrected chi connectivity index (χ3v) is 8.44. The first-order valence-electron chi connectivity index (χ1n) is 12.4. The highest BCUT2D eigenvalue weighted by Gasteiger charge is 2.38. The van der Waals surface area contributed by atoms with Crippen LogP contribution in [0.4, 0.5) is 8.78 Å². The fourth-order valence-corrected chi connectivity index (χ4v) is 6.38. The maximum absolute atomic E-state index is 14.9. The predicted octanol–water partition coefficient (Wildman–Crippen LogP) is 3.34. The van der Waals surface area contributed by atoms with Gasteiger partial charge in [-0.25, -0.2) is 8.78 Å². The summed E-state index contributed by atoms with van der Waals surface area (Å²) in [5, 5.41) is 9.05. The zero-order valence-electron chi connectivity index (χ0n) is 21.6. The van der Waals surface area contributed by atoms with Crippen LogP contribution in [0, 0.1) is 11.6 Å². The first-order valence-corrected chi connectivity index (χ1v) is 15.9. The van der Waals surface area contributed by atoms with E-state index in [1.54, 1.807) is 12.1 Å². The van der Waals surface area contributed by atoms with Gasteiger partial charge >= 0.3 is 5.97 Å². The third-order valence-electron chi connectivity index (χ3n) is 6.46. The van der Waals surface area contributed by atoms with E-state index in [4.69, 9.17) is 15.6 Å². The van der Waals surface area contributed by atoms with Crippen molar-refractivity contribution in [2.75, 3.05) is 13.2 Å². The molecule has 1 aliphatic heterocycles. The number of hydrogen-bond acceptors (Lipinski definition) is 5. The van der Waals surface area contributed by atoms with Crippen molar-refractivity contribution in [2.45, 2.75) is 64.3 Å². The van der Waals surface area contributed by atoms with Crippen LogP contribution in [0.15, 0.2) is 30.3 Å². The molecule has 0 radical (unpaired) electrons. The summed E-state index contributed by atoms with van der Waals surface area (Å²) in [5.74, 6) is -2.73. The highest BCUT2D eigenvalue weighted by atomic mass is 28.3. The zero-order chi connectivity index (χ0) is 27.5. The Hall–Kier alpha value is -3.11. The van der Waals surface area contributed by atoms with Gasteiger partial charge in [-0.1, -0.05) is 25.7 Å². The van der Waals surface area contributed by atoms with Gasteiger partial charge in [0.05, 0.1) is 20.7 Å². The molecule has 0 saturated heterocycles. The smallest absolute Gasteiger partial charge is 0.303 e. The van der Waals surface area contributed by atoms with Gasteiger partial charge < -0.3 is 20.5 Å². The Bertz CT molecular complexity index is 1170. The first kappa shape index (κ1) is 28.5. The van der Waals surface area contributed by atoms with E-state index in [0.29, 0.717) is 24.3 Å². The Morgan fingerprint density at radius 1 is 1.16 bits per heavy atom. The van der Waals surface area contributed by atoms with E-state index < -0.39 is 49.5 Å². The monoisotopic (exact) mass is 532 g/mol. The normalized spacial score (nSPS) is 16.2. The van der Waals surface area contributed by atoms with Crippen LogP contribution >= 0.6 is 0 Å². The predicted molar refractivity (Wildman–Crippen MR) is 139 cm³/mol. The number of halogens is 2. The Balaban J connectivity index is 1.97. The number of Topliss-reactive ketones (excluding diaryl/α,β-unsaturated/α-hetero) is 1. The molecule has 0 saturated carbocycles. The molecule has 2 atom stereocenters. The van der Waals surface area contributed by atoms with E-state index in [0.717, 1.165) is 5.56 Å². The maximum atomic E-state index is 14.9. The quantitative estimate of drug-likeness (QED) is 0.454. The molecule has 10 heteroatoms. The van der Waals surface area contributed by atoms with E-state index in [9.17, 15) is 23.2 Å². The number of amides is 1. The largest absolute Gasteiger partial charge is 0.494 e. The van der Waals surface area contributed by atoms with E-state index in [-0.39, 0.29) is 36.6 Å². The van der Waals surface area contributed by atoms with E-state index in [1.165, 1.54) is 17.0 Å². The molecule has 2 aromatic carbocycles. The van der Waals surface area contributed by atoms with Crippen LogP contribution in [0.5, 0.6) is 5.75 Å². The molecule has 0 bridgehead atoms. The third kappa shape index (κ3) is 6.61. The lowest BCUT2D eigenvalue weighted by Gasteiger charge is -2.38. The van der Waals surface area contributed by atoms with Crippen molar-refractivity contribution in [3.8, 4) is 5.75 Å². The average molecular weight is 533 g/mol. The number of carboxylic acid groups (broad SMARTS) is 1. The number of hydrogen-bond donors (Lipinski definition) is 2. The SMILES string of the molecule is CCOc1ccc2c(c1)CCN(C(=O)[C@H](N)CCC(=O)O)[C@H]2C(=O)Cc1cc(F)c([Si](C)(C)C)c(F)c1. The molecule has 37 heavy (non-hydrogen) atoms. The van der Waals surface area contributed by atoms with Gasteiger partial charge in [0.2, 0.25) is 5.91 Å². The number of benzene rings is 2. The molecule has 200 valence electrons. The Morgan fingerprint density at radius 2 is 1.81 bits per heavy atom. The molecule has 0 aliphatic carbocycles. The number of nitrogens with two attached hydrogens (primary N) is 1. The van der Waals surface area contributed by atoms with Crippen molar-refractivity contribution in [3.05, 3.63) is 58.7 Å². The van der Waals surface area contributed by atoms with Crippen LogP contribution in [0.2, 0.25) is 19.6 Å². The summed E-state index contributed by atoms with van der Waals surface area (Å²) in [4.78, 5) is 39.2. The molecule has 0 fully saturated rings. The van der Waals surface area contributed by atoms with E-state index in [1.807, 2.05) is 32.6 Å². The second-order valence-electron chi connectivity index (χ2n) is 10.3. The van der Waals surface area contributed by atoms with Crippen molar-refractivity contribution < 1.29 is 33.0 Å². The van der Waals surface area contributed by atoms with Crippen LogP contribution in [0.3, 0.4) is 0 Å². The summed E-state index contributed by atoms with van der Waals surface area (Å²) in [6.07, 6.45) is -0.192. The molecule has 0 aromatic heterocycles. The van der Waals surface area contributed by atoms with Crippen molar-refractivity contribution in [3.63, 3.8) is 0 Å². The molecular formula is C27H34F2N2O5Si. The van der Waals surface area contributed by atoms with E-state index >= 15 is 0 Å². The van der Waals surface area contributed by atoms with Gasteiger partial charge in [0.15, 0.2) is 5.78 Å². The molecule has 1 amide bonds. The number of carbonyl (C=O) groups is 3. The van der Waals surface area contributed by atoms with Crippen molar-refractivity contribution >= 4 is 30.9 Å². The fourth-order valence-electron chi connectivity index (χ4n) is 4.80. The molecule has 1 aliphatic rings. The molecule has 3 N–H and O–H groups in total. The fraction of sp³-hybridized carbons (Fsp3) is 0.444. The van der Waals surface area contributed by atoms with Crippen LogP contribution in [0.1, 0.15) is 42.5 Å². The lowest BCUT2D eigenvalue weighted by Crippen LogP contribution is -2.50. The van der Waals surface area contributed by atoms with Crippen molar-refractivity contribution in [1.82, 2.24) is 4.90 Å². The average Bonchev–Trinajstić information content (AvgIpc) is 2.79. The van der Waals surface area contributed by atoms with Crippen LogP contribution < -0.4 is 15.7 Å². The highest BCUT2D eigenvalue weighted by Crippen LogP contribution is 2.34. The topological polar surface area (TPSA) is 110 Å². The first-order chi connectivity index (χ1) is 17.3. The minimum Gasteiger partial charge on any atom is -0.494 e. The number of carbonyl (C=O) groups excluding carboxylic acids is 2. The Morgan fingerprint density at radius 3 is 2.38 bits per heavy atom. The lowest BCUT2D eigenvalue weighted by molar-refractivity contribution is -0.142. The van der Waals surface area contributed by atoms with Crippen molar-refractivity contribution in [1.29, 1.82) is 0 Å². The summed E-state index contributed by atoms with van der Waals surface area (Å²) >= 11 is 0. The second kappa shape index (κ2) is 11.5. The Kier molecular flexibility index (Phi) is 8.86. The maximum Gasteiger partial charge on any atom is 0.303 e. The number of ether oxygens (including phenoxy) is 1. The number of aliphatic carboxylic acids is 1. The number of nitrogens with zero attached hydrogens (tertiary/aromatic N) is 1. The molecule has 1 heterocycles. The number of fused-ring (bicyclic) bond motifs is 1. The summed E-state index contributed by atoms with van der Waals surface area (Å²) in [7, 11) is -2.29. The molecule has 2 aromatic rings.